The molecule has 1 saturated carbocycles. The van der Waals surface area contributed by atoms with Crippen LogP contribution in [0.25, 0.3) is 17.0 Å². The van der Waals surface area contributed by atoms with E-state index >= 15 is 0 Å². The third kappa shape index (κ3) is 8.03. The second kappa shape index (κ2) is 14.2. The van der Waals surface area contributed by atoms with E-state index in [1.54, 1.807) is 6.07 Å². The summed E-state index contributed by atoms with van der Waals surface area (Å²) in [7, 11) is 0. The van der Waals surface area contributed by atoms with Crippen LogP contribution in [-0.4, -0.2) is 33.0 Å². The number of nitrogens with zero attached hydrogens (tertiary/aromatic N) is 2. The van der Waals surface area contributed by atoms with E-state index in [-0.39, 0.29) is 17.7 Å². The van der Waals surface area contributed by atoms with Crippen molar-refractivity contribution >= 4 is 28.8 Å². The molecule has 2 atom stereocenters. The van der Waals surface area contributed by atoms with E-state index in [4.69, 9.17) is 0 Å². The molecule has 44 heavy (non-hydrogen) atoms. The molecule has 0 spiro atoms. The quantitative estimate of drug-likeness (QED) is 0.239. The van der Waals surface area contributed by atoms with E-state index in [1.807, 2.05) is 42.7 Å². The van der Waals surface area contributed by atoms with Crippen LogP contribution in [0.5, 0.6) is 0 Å². The van der Waals surface area contributed by atoms with Crippen LogP contribution in [-0.2, 0) is 16.6 Å². The molecule has 1 aromatic carbocycles. The van der Waals surface area contributed by atoms with Gasteiger partial charge in [-0.3, -0.25) is 4.79 Å². The summed E-state index contributed by atoms with van der Waals surface area (Å²) < 4.78 is 0. The van der Waals surface area contributed by atoms with Crippen molar-refractivity contribution < 1.29 is 14.7 Å². The molecular formula is C37H47N3O3S. The number of aliphatic carboxylic acids is 1. The summed E-state index contributed by atoms with van der Waals surface area (Å²) in [4.78, 5) is 35.7. The SMILES string of the molecule is CCCC1CCC(C2CC=C(c3cnc(-c4ccc(C[C@H](NC(=O)c5ccc(C(C)(C)C)s5)C(=O)O)cc4)nc3)CC2)CC1. The van der Waals surface area contributed by atoms with E-state index in [0.29, 0.717) is 10.7 Å². The number of thiophene rings is 1. The second-order valence-electron chi connectivity index (χ2n) is 13.8. The zero-order valence-corrected chi connectivity index (χ0v) is 27.5. The lowest BCUT2D eigenvalue weighted by Crippen LogP contribution is -2.42. The number of amides is 1. The fourth-order valence-corrected chi connectivity index (χ4v) is 7.83. The summed E-state index contributed by atoms with van der Waals surface area (Å²) in [5.41, 5.74) is 4.10. The zero-order chi connectivity index (χ0) is 31.3. The maximum atomic E-state index is 12.8. The van der Waals surface area contributed by atoms with Gasteiger partial charge in [0.1, 0.15) is 6.04 Å². The zero-order valence-electron chi connectivity index (χ0n) is 26.6. The smallest absolute Gasteiger partial charge is 0.326 e. The number of hydrogen-bond acceptors (Lipinski definition) is 5. The van der Waals surface area contributed by atoms with Gasteiger partial charge >= 0.3 is 5.97 Å². The highest BCUT2D eigenvalue weighted by atomic mass is 32.1. The highest BCUT2D eigenvalue weighted by molar-refractivity contribution is 7.14. The van der Waals surface area contributed by atoms with Gasteiger partial charge in [0, 0.05) is 34.8 Å². The van der Waals surface area contributed by atoms with Gasteiger partial charge in [-0.1, -0.05) is 83.7 Å². The van der Waals surface area contributed by atoms with Crippen LogP contribution in [0, 0.1) is 17.8 Å². The van der Waals surface area contributed by atoms with Crippen LogP contribution >= 0.6 is 11.3 Å². The van der Waals surface area contributed by atoms with Crippen LogP contribution in [0.1, 0.15) is 111 Å². The normalized spacial score (nSPS) is 21.4. The molecule has 2 aromatic heterocycles. The molecular weight excluding hydrogens is 566 g/mol. The summed E-state index contributed by atoms with van der Waals surface area (Å²) in [5, 5.41) is 12.5. The number of carbonyl (C=O) groups excluding carboxylic acids is 1. The first-order valence-electron chi connectivity index (χ1n) is 16.4. The van der Waals surface area contributed by atoms with Gasteiger partial charge in [-0.2, -0.15) is 0 Å². The molecule has 1 unspecified atom stereocenters. The van der Waals surface area contributed by atoms with Crippen molar-refractivity contribution in [2.24, 2.45) is 17.8 Å². The molecule has 0 bridgehead atoms. The van der Waals surface area contributed by atoms with Crippen molar-refractivity contribution in [2.45, 2.75) is 103 Å². The summed E-state index contributed by atoms with van der Waals surface area (Å²) >= 11 is 1.40. The van der Waals surface area contributed by atoms with Gasteiger partial charge in [0.05, 0.1) is 4.88 Å². The fraction of sp³-hybridized carbons (Fsp3) is 0.514. The Hall–Kier alpha value is -3.32. The molecule has 1 amide bonds. The van der Waals surface area contributed by atoms with E-state index in [0.717, 1.165) is 45.7 Å². The minimum Gasteiger partial charge on any atom is -0.480 e. The van der Waals surface area contributed by atoms with Crippen LogP contribution < -0.4 is 5.32 Å². The number of benzene rings is 1. The van der Waals surface area contributed by atoms with Crippen LogP contribution in [0.2, 0.25) is 0 Å². The highest BCUT2D eigenvalue weighted by Crippen LogP contribution is 2.42. The van der Waals surface area contributed by atoms with Crippen molar-refractivity contribution in [2.75, 3.05) is 0 Å². The number of carbonyl (C=O) groups is 2. The molecule has 3 aromatic rings. The van der Waals surface area contributed by atoms with Gasteiger partial charge in [-0.05, 0) is 78.5 Å². The van der Waals surface area contributed by atoms with Gasteiger partial charge in [-0.25, -0.2) is 14.8 Å². The highest BCUT2D eigenvalue weighted by Gasteiger charge is 2.29. The van der Waals surface area contributed by atoms with Crippen molar-refractivity contribution in [1.29, 1.82) is 0 Å². The molecule has 5 rings (SSSR count). The maximum Gasteiger partial charge on any atom is 0.326 e. The number of rotatable bonds is 10. The Bertz CT molecular complexity index is 1440. The van der Waals surface area contributed by atoms with Gasteiger partial charge in [0.25, 0.3) is 5.91 Å². The Morgan fingerprint density at radius 3 is 2.23 bits per heavy atom. The standard InChI is InChI=1S/C37H47N3O3S/c1-5-6-24-7-11-26(12-8-24)27-15-17-28(18-16-27)30-22-38-34(39-23-30)29-13-9-25(10-14-29)21-31(36(42)43)40-35(41)32-19-20-33(44-32)37(2,3)4/h9-10,13-14,17,19-20,22-24,26-27,31H,5-8,11-12,15-16,18,21H2,1-4H3,(H,40,41)(H,42,43)/t24?,26?,27?,31-/m0/s1. The predicted molar refractivity (Wildman–Crippen MR) is 179 cm³/mol. The van der Waals surface area contributed by atoms with Gasteiger partial charge < -0.3 is 10.4 Å². The lowest BCUT2D eigenvalue weighted by Gasteiger charge is -2.35. The molecule has 0 saturated heterocycles. The summed E-state index contributed by atoms with van der Waals surface area (Å²) in [6, 6.07) is 10.3. The minimum atomic E-state index is -1.06. The lowest BCUT2D eigenvalue weighted by atomic mass is 9.70. The molecule has 6 nitrogen and oxygen atoms in total. The van der Waals surface area contributed by atoms with Crippen LogP contribution in [0.3, 0.4) is 0 Å². The average molecular weight is 614 g/mol. The molecule has 2 aliphatic rings. The van der Waals surface area contributed by atoms with E-state index in [9.17, 15) is 14.7 Å². The van der Waals surface area contributed by atoms with Gasteiger partial charge in [-0.15, -0.1) is 11.3 Å². The molecule has 0 radical (unpaired) electrons. The van der Waals surface area contributed by atoms with Gasteiger partial charge in [0.2, 0.25) is 0 Å². The first-order valence-corrected chi connectivity index (χ1v) is 17.2. The Morgan fingerprint density at radius 1 is 0.955 bits per heavy atom. The number of aromatic nitrogens is 2. The largest absolute Gasteiger partial charge is 0.480 e. The fourth-order valence-electron chi connectivity index (χ4n) is 6.86. The third-order valence-electron chi connectivity index (χ3n) is 9.55. The van der Waals surface area contributed by atoms with Crippen molar-refractivity contribution in [3.63, 3.8) is 0 Å². The first-order chi connectivity index (χ1) is 21.1. The number of carboxylic acids is 1. The Labute approximate surface area is 266 Å². The van der Waals surface area contributed by atoms with Crippen molar-refractivity contribution in [3.05, 3.63) is 75.7 Å². The Kier molecular flexibility index (Phi) is 10.3. The molecule has 2 heterocycles. The Morgan fingerprint density at radius 2 is 1.66 bits per heavy atom. The Balaban J connectivity index is 1.15. The van der Waals surface area contributed by atoms with Crippen molar-refractivity contribution in [1.82, 2.24) is 15.3 Å². The van der Waals surface area contributed by atoms with E-state index in [2.05, 4.69) is 49.1 Å². The summed E-state index contributed by atoms with van der Waals surface area (Å²) in [6.07, 6.45) is 18.4. The third-order valence-corrected chi connectivity index (χ3v) is 11.1. The van der Waals surface area contributed by atoms with E-state index in [1.165, 1.54) is 68.3 Å². The number of nitrogens with one attached hydrogen (secondary N) is 1. The molecule has 1 fully saturated rings. The number of hydrogen-bond donors (Lipinski definition) is 2. The lowest BCUT2D eigenvalue weighted by molar-refractivity contribution is -0.139. The topological polar surface area (TPSA) is 92.2 Å². The second-order valence-corrected chi connectivity index (χ2v) is 14.9. The molecule has 7 heteroatoms. The van der Waals surface area contributed by atoms with Crippen LogP contribution in [0.4, 0.5) is 0 Å². The van der Waals surface area contributed by atoms with Gasteiger partial charge in [0.15, 0.2) is 5.82 Å². The summed E-state index contributed by atoms with van der Waals surface area (Å²) in [6.45, 7) is 8.58. The molecule has 2 N–H and O–H groups in total. The molecule has 234 valence electrons. The minimum absolute atomic E-state index is 0.0649. The molecule has 0 aliphatic heterocycles. The van der Waals surface area contributed by atoms with Crippen molar-refractivity contribution in [3.8, 4) is 11.4 Å². The maximum absolute atomic E-state index is 12.8. The first kappa shape index (κ1) is 32.1. The van der Waals surface area contributed by atoms with Crippen LogP contribution in [0.15, 0.2) is 54.9 Å². The number of allylic oxidation sites excluding steroid dienone is 2. The summed E-state index contributed by atoms with van der Waals surface area (Å²) in [5.74, 6) is 1.91. The monoisotopic (exact) mass is 613 g/mol. The predicted octanol–water partition coefficient (Wildman–Crippen LogP) is 8.72. The average Bonchev–Trinajstić information content (AvgIpc) is 3.54. The van der Waals surface area contributed by atoms with E-state index < -0.39 is 12.0 Å². The number of carboxylic acid groups (broad SMARTS) is 1. The molecule has 2 aliphatic carbocycles.